The molecule has 56 valence electrons. The number of hydrogen-bond donors (Lipinski definition) is 0. The van der Waals surface area contributed by atoms with E-state index in [9.17, 15) is 4.39 Å². The lowest BCUT2D eigenvalue weighted by Crippen LogP contribution is -1.85. The van der Waals surface area contributed by atoms with Gasteiger partial charge in [-0.15, -0.1) is 0 Å². The van der Waals surface area contributed by atoms with E-state index in [0.717, 1.165) is 16.7 Å². The number of nitrogens with zero attached hydrogens (tertiary/aromatic N) is 1. The Morgan fingerprint density at radius 1 is 1.36 bits per heavy atom. The minimum atomic E-state index is -1.46. The van der Waals surface area contributed by atoms with Gasteiger partial charge in [-0.05, 0) is 12.1 Å². The van der Waals surface area contributed by atoms with Crippen LogP contribution in [0.25, 0.3) is 0 Å². The molecule has 0 N–H and O–H groups in total. The van der Waals surface area contributed by atoms with Gasteiger partial charge in [-0.2, -0.15) is 5.26 Å². The van der Waals surface area contributed by atoms with E-state index in [1.807, 2.05) is 18.2 Å². The number of thioether (sulfide) groups is 1. The lowest BCUT2D eigenvalue weighted by molar-refractivity contribution is 0.528. The van der Waals surface area contributed by atoms with Crippen LogP contribution in [0.2, 0.25) is 0 Å². The molecule has 1 aromatic carbocycles. The highest BCUT2D eigenvalue weighted by Gasteiger charge is 2.04. The van der Waals surface area contributed by atoms with Crippen molar-refractivity contribution >= 4 is 11.8 Å². The maximum absolute atomic E-state index is 12.4. The second kappa shape index (κ2) is 3.99. The number of alkyl halides is 1. The van der Waals surface area contributed by atoms with E-state index in [-0.39, 0.29) is 0 Å². The van der Waals surface area contributed by atoms with Crippen molar-refractivity contribution in [1.29, 1.82) is 5.26 Å². The van der Waals surface area contributed by atoms with Crippen molar-refractivity contribution in [3.05, 3.63) is 30.3 Å². The smallest absolute Gasteiger partial charge is 0.218 e. The molecule has 3 heteroatoms. The monoisotopic (exact) mass is 167 g/mol. The van der Waals surface area contributed by atoms with Gasteiger partial charge in [-0.1, -0.05) is 30.0 Å². The van der Waals surface area contributed by atoms with Gasteiger partial charge in [0.05, 0.1) is 0 Å². The summed E-state index contributed by atoms with van der Waals surface area (Å²) in [7, 11) is 0. The van der Waals surface area contributed by atoms with E-state index < -0.39 is 5.50 Å². The van der Waals surface area contributed by atoms with Crippen LogP contribution in [-0.2, 0) is 0 Å². The third-order valence-electron chi connectivity index (χ3n) is 1.08. The van der Waals surface area contributed by atoms with E-state index in [4.69, 9.17) is 5.26 Å². The zero-order chi connectivity index (χ0) is 8.10. The topological polar surface area (TPSA) is 23.8 Å². The van der Waals surface area contributed by atoms with Crippen LogP contribution < -0.4 is 0 Å². The van der Waals surface area contributed by atoms with E-state index in [2.05, 4.69) is 0 Å². The zero-order valence-corrected chi connectivity index (χ0v) is 6.51. The number of nitriles is 1. The molecule has 1 atom stereocenters. The molecule has 0 radical (unpaired) electrons. The standard InChI is InChI=1S/C8H6FNS/c9-8(6-10)11-7-4-2-1-3-5-7/h1-5,8H. The van der Waals surface area contributed by atoms with Crippen molar-refractivity contribution in [2.75, 3.05) is 0 Å². The Bertz CT molecular complexity index is 255. The third kappa shape index (κ3) is 2.60. The normalized spacial score (nSPS) is 12.0. The molecule has 0 spiro atoms. The predicted molar refractivity (Wildman–Crippen MR) is 42.8 cm³/mol. The van der Waals surface area contributed by atoms with E-state index in [0.29, 0.717) is 0 Å². The Balaban J connectivity index is 2.60. The summed E-state index contributed by atoms with van der Waals surface area (Å²) in [6.07, 6.45) is 0. The number of halogens is 1. The van der Waals surface area contributed by atoms with Gasteiger partial charge in [0.2, 0.25) is 5.50 Å². The van der Waals surface area contributed by atoms with Crippen LogP contribution in [0.15, 0.2) is 35.2 Å². The molecule has 11 heavy (non-hydrogen) atoms. The Morgan fingerprint density at radius 3 is 2.55 bits per heavy atom. The lowest BCUT2D eigenvalue weighted by Gasteiger charge is -1.97. The fourth-order valence-electron chi connectivity index (χ4n) is 0.645. The molecule has 0 aliphatic heterocycles. The number of benzene rings is 1. The number of rotatable bonds is 2. The van der Waals surface area contributed by atoms with Gasteiger partial charge in [0.1, 0.15) is 6.07 Å². The lowest BCUT2D eigenvalue weighted by atomic mass is 10.4. The first-order valence-corrected chi connectivity index (χ1v) is 3.96. The average molecular weight is 167 g/mol. The van der Waals surface area contributed by atoms with Crippen molar-refractivity contribution in [3.8, 4) is 6.07 Å². The average Bonchev–Trinajstić information content (AvgIpc) is 2.06. The summed E-state index contributed by atoms with van der Waals surface area (Å²) in [6.45, 7) is 0. The van der Waals surface area contributed by atoms with Crippen molar-refractivity contribution in [2.45, 2.75) is 10.4 Å². The SMILES string of the molecule is N#CC(F)Sc1ccccc1. The molecule has 0 aliphatic carbocycles. The molecule has 1 rings (SSSR count). The van der Waals surface area contributed by atoms with Gasteiger partial charge in [0.25, 0.3) is 0 Å². The van der Waals surface area contributed by atoms with Crippen LogP contribution in [0.4, 0.5) is 4.39 Å². The van der Waals surface area contributed by atoms with Crippen molar-refractivity contribution in [2.24, 2.45) is 0 Å². The molecule has 1 nitrogen and oxygen atoms in total. The summed E-state index contributed by atoms with van der Waals surface area (Å²) in [5.74, 6) is 0. The maximum atomic E-state index is 12.4. The van der Waals surface area contributed by atoms with E-state index >= 15 is 0 Å². The summed E-state index contributed by atoms with van der Waals surface area (Å²) in [6, 6.07) is 10.5. The first kappa shape index (κ1) is 8.09. The molecule has 1 unspecified atom stereocenters. The highest BCUT2D eigenvalue weighted by Crippen LogP contribution is 2.22. The first-order chi connectivity index (χ1) is 5.33. The molecular formula is C8H6FNS. The molecule has 0 bridgehead atoms. The van der Waals surface area contributed by atoms with Crippen LogP contribution in [0.1, 0.15) is 0 Å². The molecule has 1 aromatic rings. The number of hydrogen-bond acceptors (Lipinski definition) is 2. The molecule has 0 saturated heterocycles. The molecule has 0 fully saturated rings. The van der Waals surface area contributed by atoms with Crippen molar-refractivity contribution < 1.29 is 4.39 Å². The molecular weight excluding hydrogens is 161 g/mol. The summed E-state index contributed by atoms with van der Waals surface area (Å²) in [4.78, 5) is 0.779. The Kier molecular flexibility index (Phi) is 2.94. The summed E-state index contributed by atoms with van der Waals surface area (Å²) < 4.78 is 12.4. The van der Waals surface area contributed by atoms with Gasteiger partial charge < -0.3 is 0 Å². The quantitative estimate of drug-likeness (QED) is 0.632. The van der Waals surface area contributed by atoms with Crippen LogP contribution in [0.5, 0.6) is 0 Å². The highest BCUT2D eigenvalue weighted by molar-refractivity contribution is 8.00. The van der Waals surface area contributed by atoms with Gasteiger partial charge in [0, 0.05) is 4.90 Å². The molecule has 0 aliphatic rings. The van der Waals surface area contributed by atoms with Crippen LogP contribution in [0.3, 0.4) is 0 Å². The van der Waals surface area contributed by atoms with E-state index in [1.54, 1.807) is 12.1 Å². The minimum absolute atomic E-state index is 0.779. The van der Waals surface area contributed by atoms with Crippen LogP contribution in [-0.4, -0.2) is 5.50 Å². The fraction of sp³-hybridized carbons (Fsp3) is 0.125. The predicted octanol–water partition coefficient (Wildman–Crippen LogP) is 2.60. The third-order valence-corrected chi connectivity index (χ3v) is 1.94. The van der Waals surface area contributed by atoms with Gasteiger partial charge in [-0.25, -0.2) is 4.39 Å². The second-order valence-electron chi connectivity index (χ2n) is 1.88. The summed E-state index contributed by atoms with van der Waals surface area (Å²) in [5.41, 5.74) is -1.46. The maximum Gasteiger partial charge on any atom is 0.236 e. The Hall–Kier alpha value is -1.01. The molecule has 0 aromatic heterocycles. The first-order valence-electron chi connectivity index (χ1n) is 3.08. The van der Waals surface area contributed by atoms with Gasteiger partial charge in [-0.3, -0.25) is 0 Å². The van der Waals surface area contributed by atoms with Gasteiger partial charge in [0.15, 0.2) is 0 Å². The second-order valence-corrected chi connectivity index (χ2v) is 3.00. The molecule has 0 heterocycles. The Labute approximate surface area is 68.8 Å². The molecule has 0 saturated carbocycles. The van der Waals surface area contributed by atoms with Crippen molar-refractivity contribution in [1.82, 2.24) is 0 Å². The van der Waals surface area contributed by atoms with Crippen molar-refractivity contribution in [3.63, 3.8) is 0 Å². The Morgan fingerprint density at radius 2 is 2.00 bits per heavy atom. The van der Waals surface area contributed by atoms with Gasteiger partial charge >= 0.3 is 0 Å². The minimum Gasteiger partial charge on any atom is -0.218 e. The zero-order valence-electron chi connectivity index (χ0n) is 5.70. The van der Waals surface area contributed by atoms with Crippen LogP contribution >= 0.6 is 11.8 Å². The summed E-state index contributed by atoms with van der Waals surface area (Å²) in [5, 5.41) is 8.15. The van der Waals surface area contributed by atoms with E-state index in [1.165, 1.54) is 6.07 Å². The molecule has 0 amide bonds. The highest BCUT2D eigenvalue weighted by atomic mass is 32.2. The largest absolute Gasteiger partial charge is 0.236 e. The summed E-state index contributed by atoms with van der Waals surface area (Å²) >= 11 is 0.916. The fourth-order valence-corrected chi connectivity index (χ4v) is 1.25. The van der Waals surface area contributed by atoms with Crippen LogP contribution in [0, 0.1) is 11.3 Å².